The van der Waals surface area contributed by atoms with Crippen LogP contribution < -0.4 is 5.32 Å². The molecule has 3 fully saturated rings. The summed E-state index contributed by atoms with van der Waals surface area (Å²) < 4.78 is 5.31. The number of fused-ring (bicyclic) bond motifs is 1. The van der Waals surface area contributed by atoms with Gasteiger partial charge in [-0.3, -0.25) is 4.79 Å². The minimum atomic E-state index is -0.352. The molecule has 3 aliphatic rings. The van der Waals surface area contributed by atoms with Gasteiger partial charge in [-0.15, -0.1) is 0 Å². The van der Waals surface area contributed by atoms with Crippen molar-refractivity contribution < 1.29 is 9.53 Å². The summed E-state index contributed by atoms with van der Waals surface area (Å²) in [6.45, 7) is 6.82. The van der Waals surface area contributed by atoms with Gasteiger partial charge >= 0.3 is 5.97 Å². The highest BCUT2D eigenvalue weighted by molar-refractivity contribution is 5.71. The number of carbonyl (C=O) groups is 1. The van der Waals surface area contributed by atoms with E-state index in [4.69, 9.17) is 4.74 Å². The van der Waals surface area contributed by atoms with Gasteiger partial charge in [-0.1, -0.05) is 0 Å². The van der Waals surface area contributed by atoms with Crippen LogP contribution in [0.2, 0.25) is 0 Å². The molecule has 2 saturated heterocycles. The Morgan fingerprint density at radius 2 is 2.14 bits per heavy atom. The first-order chi connectivity index (χ1) is 6.39. The molecule has 0 amide bonds. The molecule has 1 N–H and O–H groups in total. The standard InChI is InChI=1S/C11H19NO2/c1-10(2,3)14-9(13)6-11-4-8(5-11)7-12-11/h8,12H,4-7H2,1-3H3. The summed E-state index contributed by atoms with van der Waals surface area (Å²) in [7, 11) is 0. The fraction of sp³-hybridized carbons (Fsp3) is 0.909. The topological polar surface area (TPSA) is 38.3 Å². The Morgan fingerprint density at radius 1 is 1.50 bits per heavy atom. The van der Waals surface area contributed by atoms with Gasteiger partial charge in [-0.2, -0.15) is 0 Å². The molecule has 0 unspecified atom stereocenters. The molecule has 0 radical (unpaired) electrons. The van der Waals surface area contributed by atoms with E-state index >= 15 is 0 Å². The van der Waals surface area contributed by atoms with E-state index in [2.05, 4.69) is 5.32 Å². The van der Waals surface area contributed by atoms with Gasteiger partial charge in [0.05, 0.1) is 6.42 Å². The van der Waals surface area contributed by atoms with Crippen LogP contribution in [0.25, 0.3) is 0 Å². The molecule has 2 heterocycles. The zero-order valence-electron chi connectivity index (χ0n) is 9.22. The SMILES string of the molecule is CC(C)(C)OC(=O)CC12CC(CN1)C2. The highest BCUT2D eigenvalue weighted by atomic mass is 16.6. The van der Waals surface area contributed by atoms with Crippen molar-refractivity contribution in [3.63, 3.8) is 0 Å². The predicted octanol–water partition coefficient (Wildman–Crippen LogP) is 1.47. The molecule has 0 aromatic carbocycles. The van der Waals surface area contributed by atoms with E-state index < -0.39 is 0 Å². The number of hydrogen-bond acceptors (Lipinski definition) is 3. The molecule has 0 aromatic rings. The molecule has 0 spiro atoms. The normalized spacial score (nSPS) is 35.2. The van der Waals surface area contributed by atoms with Gasteiger partial charge in [0, 0.05) is 5.54 Å². The molecule has 0 atom stereocenters. The molecule has 3 heteroatoms. The molecule has 3 nitrogen and oxygen atoms in total. The Kier molecular flexibility index (Phi) is 2.11. The Hall–Kier alpha value is -0.570. The lowest BCUT2D eigenvalue weighted by atomic mass is 9.72. The van der Waals surface area contributed by atoms with Crippen LogP contribution in [0.3, 0.4) is 0 Å². The number of carbonyl (C=O) groups excluding carboxylic acids is 1. The molecule has 14 heavy (non-hydrogen) atoms. The Bertz CT molecular complexity index is 243. The average molecular weight is 197 g/mol. The number of ether oxygens (including phenoxy) is 1. The van der Waals surface area contributed by atoms with Crippen LogP contribution in [-0.2, 0) is 9.53 Å². The second-order valence-electron chi connectivity index (χ2n) is 5.70. The number of esters is 1. The maximum atomic E-state index is 11.6. The fourth-order valence-electron chi connectivity index (χ4n) is 2.56. The van der Waals surface area contributed by atoms with Crippen LogP contribution in [-0.4, -0.2) is 23.7 Å². The van der Waals surface area contributed by atoms with Crippen LogP contribution in [0.15, 0.2) is 0 Å². The van der Waals surface area contributed by atoms with Gasteiger partial charge in [-0.05, 0) is 46.1 Å². The first-order valence-electron chi connectivity index (χ1n) is 5.35. The predicted molar refractivity (Wildman–Crippen MR) is 53.9 cm³/mol. The van der Waals surface area contributed by atoms with Crippen molar-refractivity contribution in [1.29, 1.82) is 0 Å². The monoisotopic (exact) mass is 197 g/mol. The zero-order valence-corrected chi connectivity index (χ0v) is 9.22. The molecular weight excluding hydrogens is 178 g/mol. The van der Waals surface area contributed by atoms with Crippen LogP contribution >= 0.6 is 0 Å². The van der Waals surface area contributed by atoms with Gasteiger partial charge in [-0.25, -0.2) is 0 Å². The Balaban J connectivity index is 1.83. The quantitative estimate of drug-likeness (QED) is 0.681. The van der Waals surface area contributed by atoms with Crippen molar-refractivity contribution in [3.8, 4) is 0 Å². The van der Waals surface area contributed by atoms with Crippen LogP contribution in [0.5, 0.6) is 0 Å². The number of nitrogens with one attached hydrogen (secondary N) is 1. The Labute approximate surface area is 85.2 Å². The lowest BCUT2D eigenvalue weighted by Gasteiger charge is -2.37. The van der Waals surface area contributed by atoms with E-state index in [-0.39, 0.29) is 17.1 Å². The summed E-state index contributed by atoms with van der Waals surface area (Å²) >= 11 is 0. The molecule has 2 aliphatic heterocycles. The molecule has 80 valence electrons. The second kappa shape index (κ2) is 2.96. The molecule has 0 aromatic heterocycles. The molecular formula is C11H19NO2. The summed E-state index contributed by atoms with van der Waals surface area (Å²) in [4.78, 5) is 11.6. The largest absolute Gasteiger partial charge is 0.460 e. The van der Waals surface area contributed by atoms with Crippen molar-refractivity contribution in [1.82, 2.24) is 5.32 Å². The molecule has 1 saturated carbocycles. The summed E-state index contributed by atoms with van der Waals surface area (Å²) in [6, 6.07) is 0. The summed E-state index contributed by atoms with van der Waals surface area (Å²) in [5.74, 6) is 0.753. The minimum absolute atomic E-state index is 0.0645. The lowest BCUT2D eigenvalue weighted by molar-refractivity contribution is -0.157. The maximum absolute atomic E-state index is 11.6. The highest BCUT2D eigenvalue weighted by Crippen LogP contribution is 2.45. The van der Waals surface area contributed by atoms with Gasteiger partial charge in [0.2, 0.25) is 0 Å². The van der Waals surface area contributed by atoms with Gasteiger partial charge < -0.3 is 10.1 Å². The van der Waals surface area contributed by atoms with Crippen molar-refractivity contribution in [2.45, 2.75) is 51.2 Å². The first-order valence-corrected chi connectivity index (χ1v) is 5.35. The molecule has 3 rings (SSSR count). The maximum Gasteiger partial charge on any atom is 0.308 e. The molecule has 2 bridgehead atoms. The fourth-order valence-corrected chi connectivity index (χ4v) is 2.56. The summed E-state index contributed by atoms with van der Waals surface area (Å²) in [5.41, 5.74) is -0.248. The van der Waals surface area contributed by atoms with Crippen LogP contribution in [0.4, 0.5) is 0 Å². The van der Waals surface area contributed by atoms with Crippen LogP contribution in [0, 0.1) is 5.92 Å². The van der Waals surface area contributed by atoms with E-state index in [0.717, 1.165) is 25.3 Å². The lowest BCUT2D eigenvalue weighted by Crippen LogP contribution is -2.46. The average Bonchev–Trinajstić information content (AvgIpc) is 2.38. The first kappa shape index (κ1) is 9.97. The molecule has 1 aliphatic carbocycles. The Morgan fingerprint density at radius 3 is 2.57 bits per heavy atom. The van der Waals surface area contributed by atoms with Crippen LogP contribution in [0.1, 0.15) is 40.0 Å². The third kappa shape index (κ3) is 1.92. The van der Waals surface area contributed by atoms with E-state index in [0.29, 0.717) is 6.42 Å². The van der Waals surface area contributed by atoms with Crippen molar-refractivity contribution in [2.75, 3.05) is 6.54 Å². The van der Waals surface area contributed by atoms with E-state index in [9.17, 15) is 4.79 Å². The van der Waals surface area contributed by atoms with Gasteiger partial charge in [0.25, 0.3) is 0 Å². The van der Waals surface area contributed by atoms with Crippen molar-refractivity contribution in [2.24, 2.45) is 5.92 Å². The third-order valence-electron chi connectivity index (χ3n) is 3.03. The van der Waals surface area contributed by atoms with E-state index in [1.807, 2.05) is 20.8 Å². The second-order valence-corrected chi connectivity index (χ2v) is 5.70. The number of hydrogen-bond donors (Lipinski definition) is 1. The summed E-state index contributed by atoms with van der Waals surface area (Å²) in [6.07, 6.45) is 2.86. The third-order valence-corrected chi connectivity index (χ3v) is 3.03. The van der Waals surface area contributed by atoms with Crippen molar-refractivity contribution in [3.05, 3.63) is 0 Å². The van der Waals surface area contributed by atoms with E-state index in [1.165, 1.54) is 0 Å². The smallest absolute Gasteiger partial charge is 0.308 e. The van der Waals surface area contributed by atoms with Crippen molar-refractivity contribution >= 4 is 5.97 Å². The van der Waals surface area contributed by atoms with Gasteiger partial charge in [0.15, 0.2) is 0 Å². The minimum Gasteiger partial charge on any atom is -0.460 e. The van der Waals surface area contributed by atoms with Gasteiger partial charge in [0.1, 0.15) is 5.60 Å². The van der Waals surface area contributed by atoms with E-state index in [1.54, 1.807) is 0 Å². The zero-order chi connectivity index (χ0) is 10.4. The highest BCUT2D eigenvalue weighted by Gasteiger charge is 2.51. The summed E-state index contributed by atoms with van der Waals surface area (Å²) in [5, 5.41) is 3.42. The number of rotatable bonds is 2.